The molecule has 1 aliphatic rings. The molecule has 2 rings (SSSR count). The summed E-state index contributed by atoms with van der Waals surface area (Å²) >= 11 is 0. The van der Waals surface area contributed by atoms with Gasteiger partial charge in [0.05, 0.1) is 12.2 Å². The van der Waals surface area contributed by atoms with Gasteiger partial charge in [-0.05, 0) is 51.7 Å². The summed E-state index contributed by atoms with van der Waals surface area (Å²) < 4.78 is 11.1. The van der Waals surface area contributed by atoms with Crippen molar-refractivity contribution in [3.8, 4) is 5.75 Å². The molecule has 1 N–H and O–H groups in total. The summed E-state index contributed by atoms with van der Waals surface area (Å²) in [6, 6.07) is 1.98. The van der Waals surface area contributed by atoms with E-state index in [1.54, 1.807) is 17.3 Å². The number of aliphatic hydroxyl groups excluding tert-OH is 1. The van der Waals surface area contributed by atoms with Gasteiger partial charge in [0.1, 0.15) is 18.0 Å². The summed E-state index contributed by atoms with van der Waals surface area (Å²) in [6.45, 7) is 6.89. The Bertz CT molecular complexity index is 528. The molecule has 6 nitrogen and oxygen atoms in total. The van der Waals surface area contributed by atoms with Crippen LogP contribution < -0.4 is 4.74 Å². The number of carbonyl (C=O) groups is 1. The lowest BCUT2D eigenvalue weighted by Crippen LogP contribution is -2.55. The zero-order chi connectivity index (χ0) is 16.9. The Hall–Kier alpha value is -1.82. The van der Waals surface area contributed by atoms with E-state index in [0.717, 1.165) is 18.4 Å². The van der Waals surface area contributed by atoms with Crippen molar-refractivity contribution in [2.24, 2.45) is 0 Å². The van der Waals surface area contributed by atoms with Crippen molar-refractivity contribution >= 4 is 6.09 Å². The van der Waals surface area contributed by atoms with E-state index in [9.17, 15) is 4.79 Å². The van der Waals surface area contributed by atoms with Gasteiger partial charge in [-0.1, -0.05) is 0 Å². The van der Waals surface area contributed by atoms with Crippen molar-refractivity contribution in [3.63, 3.8) is 0 Å². The molecule has 0 saturated carbocycles. The molecular weight excluding hydrogens is 296 g/mol. The molecule has 1 amide bonds. The molecule has 1 fully saturated rings. The zero-order valence-electron chi connectivity index (χ0n) is 14.1. The number of hydrogen-bond acceptors (Lipinski definition) is 5. The first kappa shape index (κ1) is 17.5. The number of likely N-dealkylation sites (tertiary alicyclic amines) is 1. The third-order valence-corrected chi connectivity index (χ3v) is 3.61. The summed E-state index contributed by atoms with van der Waals surface area (Å²) in [7, 11) is 0. The van der Waals surface area contributed by atoms with Gasteiger partial charge in [-0.15, -0.1) is 0 Å². The molecular formula is C17H26N2O4. The minimum Gasteiger partial charge on any atom is -0.490 e. The molecule has 1 aromatic rings. The number of aromatic nitrogens is 1. The van der Waals surface area contributed by atoms with Crippen LogP contribution in [0.4, 0.5) is 4.79 Å². The van der Waals surface area contributed by atoms with E-state index in [1.807, 2.05) is 26.8 Å². The zero-order valence-corrected chi connectivity index (χ0v) is 14.1. The highest BCUT2D eigenvalue weighted by Crippen LogP contribution is 2.22. The van der Waals surface area contributed by atoms with Gasteiger partial charge in [0.15, 0.2) is 0 Å². The lowest BCUT2D eigenvalue weighted by Gasteiger charge is -2.40. The Morgan fingerprint density at radius 3 is 2.83 bits per heavy atom. The number of rotatable bonds is 6. The van der Waals surface area contributed by atoms with Crippen LogP contribution in [0.1, 0.15) is 39.2 Å². The second-order valence-electron chi connectivity index (χ2n) is 6.78. The van der Waals surface area contributed by atoms with Crippen LogP contribution in [-0.4, -0.2) is 52.5 Å². The van der Waals surface area contributed by atoms with Crippen molar-refractivity contribution in [3.05, 3.63) is 24.0 Å². The molecule has 2 heterocycles. The topological polar surface area (TPSA) is 71.9 Å². The average Bonchev–Trinajstić information content (AvgIpc) is 2.42. The first-order valence-corrected chi connectivity index (χ1v) is 8.06. The average molecular weight is 322 g/mol. The molecule has 1 saturated heterocycles. The number of carbonyl (C=O) groups excluding carboxylic acids is 1. The number of hydrogen-bond donors (Lipinski definition) is 1. The highest BCUT2D eigenvalue weighted by atomic mass is 16.6. The van der Waals surface area contributed by atoms with Crippen LogP contribution in [0.2, 0.25) is 0 Å². The van der Waals surface area contributed by atoms with E-state index >= 15 is 0 Å². The fourth-order valence-corrected chi connectivity index (χ4v) is 2.33. The van der Waals surface area contributed by atoms with Crippen molar-refractivity contribution in [1.29, 1.82) is 0 Å². The van der Waals surface area contributed by atoms with Gasteiger partial charge in [0.2, 0.25) is 0 Å². The molecule has 0 aromatic carbocycles. The molecule has 0 bridgehead atoms. The molecule has 1 atom stereocenters. The van der Waals surface area contributed by atoms with Crippen molar-refractivity contribution < 1.29 is 19.4 Å². The third kappa shape index (κ3) is 5.39. The summed E-state index contributed by atoms with van der Waals surface area (Å²) in [5, 5.41) is 8.87. The van der Waals surface area contributed by atoms with Gasteiger partial charge in [0.25, 0.3) is 0 Å². The maximum Gasteiger partial charge on any atom is 0.410 e. The molecule has 6 heteroatoms. The lowest BCUT2D eigenvalue weighted by molar-refractivity contribution is -0.0141. The standard InChI is InChI=1S/C17H26N2O4/c1-17(2,3)23-16(21)19-7-6-14(19)12-22-15-9-13(5-4-8-20)10-18-11-15/h9-11,14,20H,4-8,12H2,1-3H3. The number of aliphatic hydroxyl groups is 1. The van der Waals surface area contributed by atoms with E-state index in [1.165, 1.54) is 0 Å². The first-order valence-electron chi connectivity index (χ1n) is 8.06. The van der Waals surface area contributed by atoms with E-state index in [2.05, 4.69) is 4.98 Å². The van der Waals surface area contributed by atoms with E-state index in [4.69, 9.17) is 14.6 Å². The summed E-state index contributed by atoms with van der Waals surface area (Å²) in [4.78, 5) is 17.9. The molecule has 128 valence electrons. The number of nitrogens with zero attached hydrogens (tertiary/aromatic N) is 2. The lowest BCUT2D eigenvalue weighted by atomic mass is 10.1. The second-order valence-corrected chi connectivity index (χ2v) is 6.78. The molecule has 1 aliphatic heterocycles. The SMILES string of the molecule is CC(C)(C)OC(=O)N1CCC1COc1cncc(CCCO)c1. The highest BCUT2D eigenvalue weighted by molar-refractivity contribution is 5.69. The Morgan fingerprint density at radius 2 is 2.22 bits per heavy atom. The Labute approximate surface area is 137 Å². The first-order chi connectivity index (χ1) is 10.9. The minimum absolute atomic E-state index is 0.0472. The molecule has 0 radical (unpaired) electrons. The third-order valence-electron chi connectivity index (χ3n) is 3.61. The number of ether oxygens (including phenoxy) is 2. The number of pyridine rings is 1. The van der Waals surface area contributed by atoms with E-state index < -0.39 is 5.60 Å². The molecule has 1 aromatic heterocycles. The van der Waals surface area contributed by atoms with E-state index in [0.29, 0.717) is 25.3 Å². The Kier molecular flexibility index (Phi) is 5.82. The highest BCUT2D eigenvalue weighted by Gasteiger charge is 2.35. The number of amides is 1. The van der Waals surface area contributed by atoms with E-state index in [-0.39, 0.29) is 18.7 Å². The van der Waals surface area contributed by atoms with Gasteiger partial charge in [-0.2, -0.15) is 0 Å². The fourth-order valence-electron chi connectivity index (χ4n) is 2.33. The predicted molar refractivity (Wildman–Crippen MR) is 86.5 cm³/mol. The smallest absolute Gasteiger partial charge is 0.410 e. The van der Waals surface area contributed by atoms with Crippen LogP contribution in [0.15, 0.2) is 18.5 Å². The van der Waals surface area contributed by atoms with Crippen molar-refractivity contribution in [2.75, 3.05) is 19.8 Å². The normalized spacial score (nSPS) is 17.6. The van der Waals surface area contributed by atoms with Crippen LogP contribution in [0, 0.1) is 0 Å². The molecule has 0 aliphatic carbocycles. The summed E-state index contributed by atoms with van der Waals surface area (Å²) in [6.07, 6.45) is 5.55. The van der Waals surface area contributed by atoms with Gasteiger partial charge in [-0.3, -0.25) is 4.98 Å². The van der Waals surface area contributed by atoms with Crippen LogP contribution in [-0.2, 0) is 11.2 Å². The van der Waals surface area contributed by atoms with Crippen LogP contribution in [0.25, 0.3) is 0 Å². The van der Waals surface area contributed by atoms with Gasteiger partial charge in [0, 0.05) is 19.3 Å². The fraction of sp³-hybridized carbons (Fsp3) is 0.647. The maximum atomic E-state index is 12.0. The van der Waals surface area contributed by atoms with Crippen molar-refractivity contribution in [1.82, 2.24) is 9.88 Å². The Balaban J connectivity index is 1.83. The Morgan fingerprint density at radius 1 is 1.43 bits per heavy atom. The minimum atomic E-state index is -0.483. The molecule has 1 unspecified atom stereocenters. The van der Waals surface area contributed by atoms with Crippen LogP contribution in [0.5, 0.6) is 5.75 Å². The second kappa shape index (κ2) is 7.64. The molecule has 0 spiro atoms. The van der Waals surface area contributed by atoms with Crippen LogP contribution in [0.3, 0.4) is 0 Å². The molecule has 23 heavy (non-hydrogen) atoms. The summed E-state index contributed by atoms with van der Waals surface area (Å²) in [5.74, 6) is 0.691. The quantitative estimate of drug-likeness (QED) is 0.870. The van der Waals surface area contributed by atoms with Crippen LogP contribution >= 0.6 is 0 Å². The largest absolute Gasteiger partial charge is 0.490 e. The monoisotopic (exact) mass is 322 g/mol. The van der Waals surface area contributed by atoms with Gasteiger partial charge < -0.3 is 19.5 Å². The number of aryl methyl sites for hydroxylation is 1. The van der Waals surface area contributed by atoms with Crippen molar-refractivity contribution in [2.45, 2.75) is 51.7 Å². The van der Waals surface area contributed by atoms with Gasteiger partial charge in [-0.25, -0.2) is 4.79 Å². The summed E-state index contributed by atoms with van der Waals surface area (Å²) in [5.41, 5.74) is 0.553. The maximum absolute atomic E-state index is 12.0. The van der Waals surface area contributed by atoms with Gasteiger partial charge >= 0.3 is 6.09 Å². The predicted octanol–water partition coefficient (Wildman–Crippen LogP) is 2.39.